The van der Waals surface area contributed by atoms with Crippen LogP contribution >= 0.6 is 11.3 Å². The fourth-order valence-electron chi connectivity index (χ4n) is 3.44. The summed E-state index contributed by atoms with van der Waals surface area (Å²) < 4.78 is 12.2. The molecule has 1 N–H and O–H groups in total. The lowest BCUT2D eigenvalue weighted by Crippen LogP contribution is -2.16. The van der Waals surface area contributed by atoms with Gasteiger partial charge in [-0.25, -0.2) is 0 Å². The number of carboxylic acids is 1. The topological polar surface area (TPSA) is 55.8 Å². The van der Waals surface area contributed by atoms with Gasteiger partial charge in [0.05, 0.1) is 12.7 Å². The van der Waals surface area contributed by atoms with Crippen molar-refractivity contribution >= 4 is 17.3 Å². The molecule has 3 aromatic rings. The number of hydrogen-bond acceptors (Lipinski definition) is 4. The van der Waals surface area contributed by atoms with Gasteiger partial charge in [-0.05, 0) is 90.0 Å². The van der Waals surface area contributed by atoms with Crippen LogP contribution in [0.2, 0.25) is 0 Å². The SMILES string of the molecule is CCc1ccc(OC(C)CCOc2ccc(CCC(=O)O)c(C)c2)c(-c2ccsc2)c1. The summed E-state index contributed by atoms with van der Waals surface area (Å²) in [6.45, 7) is 6.76. The van der Waals surface area contributed by atoms with Crippen LogP contribution in [0.3, 0.4) is 0 Å². The highest BCUT2D eigenvalue weighted by molar-refractivity contribution is 7.08. The molecular weight excluding hydrogens is 408 g/mol. The molecule has 0 radical (unpaired) electrons. The van der Waals surface area contributed by atoms with Crippen LogP contribution in [0, 0.1) is 6.92 Å². The lowest BCUT2D eigenvalue weighted by molar-refractivity contribution is -0.136. The molecule has 0 saturated heterocycles. The molecule has 0 aliphatic heterocycles. The van der Waals surface area contributed by atoms with Gasteiger partial charge in [-0.15, -0.1) is 0 Å². The van der Waals surface area contributed by atoms with E-state index in [1.165, 1.54) is 11.1 Å². The zero-order chi connectivity index (χ0) is 22.2. The van der Waals surface area contributed by atoms with Gasteiger partial charge in [0.1, 0.15) is 11.5 Å². The molecule has 0 amide bonds. The van der Waals surface area contributed by atoms with Crippen LogP contribution in [-0.4, -0.2) is 23.8 Å². The van der Waals surface area contributed by atoms with E-state index in [4.69, 9.17) is 14.6 Å². The maximum atomic E-state index is 10.8. The Kier molecular flexibility index (Phi) is 8.13. The van der Waals surface area contributed by atoms with E-state index in [-0.39, 0.29) is 12.5 Å². The fraction of sp³-hybridized carbons (Fsp3) is 0.346. The number of ether oxygens (including phenoxy) is 2. The first-order chi connectivity index (χ1) is 15.0. The third-order valence-corrected chi connectivity index (χ3v) is 6.01. The van der Waals surface area contributed by atoms with Crippen LogP contribution in [0.5, 0.6) is 11.5 Å². The van der Waals surface area contributed by atoms with Crippen molar-refractivity contribution in [1.82, 2.24) is 0 Å². The Bertz CT molecular complexity index is 995. The predicted octanol–water partition coefficient (Wildman–Crippen LogP) is 6.54. The van der Waals surface area contributed by atoms with Gasteiger partial charge in [-0.3, -0.25) is 4.79 Å². The number of thiophene rings is 1. The lowest BCUT2D eigenvalue weighted by Gasteiger charge is -2.18. The molecular formula is C26H30O4S. The number of aliphatic carboxylic acids is 1. The third kappa shape index (κ3) is 6.59. The van der Waals surface area contributed by atoms with Crippen molar-refractivity contribution in [2.45, 2.75) is 52.6 Å². The molecule has 0 fully saturated rings. The van der Waals surface area contributed by atoms with Crippen molar-refractivity contribution in [3.8, 4) is 22.6 Å². The number of carbonyl (C=O) groups is 1. The van der Waals surface area contributed by atoms with Crippen molar-refractivity contribution in [2.75, 3.05) is 6.61 Å². The van der Waals surface area contributed by atoms with Gasteiger partial charge in [0, 0.05) is 18.4 Å². The van der Waals surface area contributed by atoms with Crippen LogP contribution in [0.15, 0.2) is 53.2 Å². The first-order valence-electron chi connectivity index (χ1n) is 10.7. The maximum absolute atomic E-state index is 10.8. The highest BCUT2D eigenvalue weighted by Crippen LogP contribution is 2.33. The van der Waals surface area contributed by atoms with E-state index in [2.05, 4.69) is 48.9 Å². The Morgan fingerprint density at radius 1 is 1.16 bits per heavy atom. The zero-order valence-corrected chi connectivity index (χ0v) is 19.2. The maximum Gasteiger partial charge on any atom is 0.303 e. The summed E-state index contributed by atoms with van der Waals surface area (Å²) in [5, 5.41) is 13.1. The normalized spacial score (nSPS) is 11.8. The number of hydrogen-bond donors (Lipinski definition) is 1. The van der Waals surface area contributed by atoms with Gasteiger partial charge in [-0.2, -0.15) is 11.3 Å². The molecule has 0 spiro atoms. The molecule has 0 saturated carbocycles. The van der Waals surface area contributed by atoms with Gasteiger partial charge < -0.3 is 14.6 Å². The fourth-order valence-corrected chi connectivity index (χ4v) is 4.10. The van der Waals surface area contributed by atoms with Gasteiger partial charge >= 0.3 is 5.97 Å². The molecule has 0 bridgehead atoms. The minimum atomic E-state index is -0.778. The lowest BCUT2D eigenvalue weighted by atomic mass is 10.0. The van der Waals surface area contributed by atoms with Crippen LogP contribution < -0.4 is 9.47 Å². The van der Waals surface area contributed by atoms with Gasteiger partial charge in [0.25, 0.3) is 0 Å². The van der Waals surface area contributed by atoms with Crippen molar-refractivity contribution in [3.63, 3.8) is 0 Å². The van der Waals surface area contributed by atoms with E-state index < -0.39 is 5.97 Å². The van der Waals surface area contributed by atoms with Crippen LogP contribution in [0.4, 0.5) is 0 Å². The number of rotatable bonds is 11. The van der Waals surface area contributed by atoms with Crippen LogP contribution in [-0.2, 0) is 17.6 Å². The Hall–Kier alpha value is -2.79. The van der Waals surface area contributed by atoms with Gasteiger partial charge in [0.15, 0.2) is 0 Å². The molecule has 2 aromatic carbocycles. The zero-order valence-electron chi connectivity index (χ0n) is 18.4. The van der Waals surface area contributed by atoms with E-state index in [1.807, 2.05) is 25.1 Å². The van der Waals surface area contributed by atoms with Gasteiger partial charge in [0.2, 0.25) is 0 Å². The quantitative estimate of drug-likeness (QED) is 0.369. The predicted molar refractivity (Wildman–Crippen MR) is 126 cm³/mol. The Morgan fingerprint density at radius 2 is 2.00 bits per heavy atom. The van der Waals surface area contributed by atoms with Crippen LogP contribution in [0.1, 0.15) is 43.4 Å². The average Bonchev–Trinajstić information content (AvgIpc) is 3.28. The average molecular weight is 439 g/mol. The van der Waals surface area contributed by atoms with Crippen molar-refractivity contribution < 1.29 is 19.4 Å². The molecule has 164 valence electrons. The minimum absolute atomic E-state index is 0.0146. The highest BCUT2D eigenvalue weighted by Gasteiger charge is 2.12. The Balaban J connectivity index is 1.56. The van der Waals surface area contributed by atoms with E-state index >= 15 is 0 Å². The number of benzene rings is 2. The van der Waals surface area contributed by atoms with Gasteiger partial charge in [-0.1, -0.05) is 19.1 Å². The largest absolute Gasteiger partial charge is 0.493 e. The van der Waals surface area contributed by atoms with Crippen LogP contribution in [0.25, 0.3) is 11.1 Å². The summed E-state index contributed by atoms with van der Waals surface area (Å²) >= 11 is 1.69. The molecule has 4 nitrogen and oxygen atoms in total. The smallest absolute Gasteiger partial charge is 0.303 e. The summed E-state index contributed by atoms with van der Waals surface area (Å²) in [4.78, 5) is 10.8. The van der Waals surface area contributed by atoms with Crippen molar-refractivity contribution in [3.05, 3.63) is 69.9 Å². The number of carboxylic acid groups (broad SMARTS) is 1. The van der Waals surface area contributed by atoms with E-state index in [9.17, 15) is 4.79 Å². The summed E-state index contributed by atoms with van der Waals surface area (Å²) in [7, 11) is 0. The summed E-state index contributed by atoms with van der Waals surface area (Å²) in [5.74, 6) is 0.928. The van der Waals surface area contributed by atoms with E-state index in [0.717, 1.165) is 41.0 Å². The molecule has 1 heterocycles. The number of aryl methyl sites for hydroxylation is 3. The molecule has 1 atom stereocenters. The molecule has 1 aromatic heterocycles. The molecule has 5 heteroatoms. The Labute approximate surface area is 188 Å². The van der Waals surface area contributed by atoms with E-state index in [1.54, 1.807) is 11.3 Å². The summed E-state index contributed by atoms with van der Waals surface area (Å²) in [6, 6.07) is 14.4. The Morgan fingerprint density at radius 3 is 2.68 bits per heavy atom. The minimum Gasteiger partial charge on any atom is -0.493 e. The summed E-state index contributed by atoms with van der Waals surface area (Å²) in [5.41, 5.74) is 5.73. The monoisotopic (exact) mass is 438 g/mol. The molecule has 31 heavy (non-hydrogen) atoms. The molecule has 0 aliphatic carbocycles. The first-order valence-corrected chi connectivity index (χ1v) is 11.7. The second-order valence-corrected chi connectivity index (χ2v) is 8.52. The second-order valence-electron chi connectivity index (χ2n) is 7.74. The molecule has 0 aliphatic rings. The van der Waals surface area contributed by atoms with Crippen molar-refractivity contribution in [1.29, 1.82) is 0 Å². The van der Waals surface area contributed by atoms with Crippen molar-refractivity contribution in [2.24, 2.45) is 0 Å². The second kappa shape index (κ2) is 11.0. The molecule has 3 rings (SSSR count). The molecule has 1 unspecified atom stereocenters. The standard InChI is InChI=1S/C26H30O4S/c1-4-20-5-9-25(24(16-20)22-12-14-31-17-22)30-19(3)11-13-29-23-8-6-21(18(2)15-23)7-10-26(27)28/h5-6,8-9,12,14-17,19H,4,7,10-11,13H2,1-3H3,(H,27,28). The first kappa shape index (κ1) is 22.9. The van der Waals surface area contributed by atoms with E-state index in [0.29, 0.717) is 13.0 Å². The third-order valence-electron chi connectivity index (χ3n) is 5.33. The summed E-state index contributed by atoms with van der Waals surface area (Å²) in [6.07, 6.45) is 2.45. The highest BCUT2D eigenvalue weighted by atomic mass is 32.1.